The fourth-order valence-corrected chi connectivity index (χ4v) is 1.43. The van der Waals surface area contributed by atoms with Crippen LogP contribution < -0.4 is 20.5 Å². The lowest BCUT2D eigenvalue weighted by atomic mass is 10.2. The van der Waals surface area contributed by atoms with Crippen LogP contribution in [0.2, 0.25) is 0 Å². The predicted molar refractivity (Wildman–Crippen MR) is 69.7 cm³/mol. The van der Waals surface area contributed by atoms with Crippen molar-refractivity contribution < 1.29 is 14.3 Å². The molecule has 100 valence electrons. The van der Waals surface area contributed by atoms with Gasteiger partial charge in [-0.15, -0.1) is 0 Å². The van der Waals surface area contributed by atoms with Crippen LogP contribution in [-0.2, 0) is 11.3 Å². The molecule has 0 heterocycles. The number of methoxy groups -OCH3 is 1. The van der Waals surface area contributed by atoms with Crippen molar-refractivity contribution in [3.05, 3.63) is 23.8 Å². The molecule has 0 aliphatic rings. The first-order chi connectivity index (χ1) is 8.58. The highest BCUT2D eigenvalue weighted by Crippen LogP contribution is 2.25. The van der Waals surface area contributed by atoms with E-state index in [2.05, 4.69) is 5.32 Å². The van der Waals surface area contributed by atoms with Crippen molar-refractivity contribution in [3.63, 3.8) is 0 Å². The van der Waals surface area contributed by atoms with Gasteiger partial charge in [0.1, 0.15) is 11.5 Å². The van der Waals surface area contributed by atoms with Gasteiger partial charge in [-0.1, -0.05) is 13.0 Å². The lowest BCUT2D eigenvalue weighted by molar-refractivity contribution is -0.124. The molecule has 1 atom stereocenters. The van der Waals surface area contributed by atoms with Gasteiger partial charge >= 0.3 is 0 Å². The number of benzene rings is 1. The highest BCUT2D eigenvalue weighted by Gasteiger charge is 2.13. The van der Waals surface area contributed by atoms with E-state index in [1.807, 2.05) is 19.1 Å². The summed E-state index contributed by atoms with van der Waals surface area (Å²) >= 11 is 0. The van der Waals surface area contributed by atoms with Gasteiger partial charge in [-0.05, 0) is 19.5 Å². The normalized spacial score (nSPS) is 11.9. The highest BCUT2D eigenvalue weighted by atomic mass is 16.5. The Morgan fingerprint density at radius 3 is 2.78 bits per heavy atom. The average Bonchev–Trinajstić information content (AvgIpc) is 2.36. The number of nitrogens with two attached hydrogens (primary N) is 1. The molecule has 3 N–H and O–H groups in total. The number of ether oxygens (including phenoxy) is 2. The van der Waals surface area contributed by atoms with Crippen molar-refractivity contribution >= 4 is 5.91 Å². The summed E-state index contributed by atoms with van der Waals surface area (Å²) in [4.78, 5) is 11.0. The van der Waals surface area contributed by atoms with Crippen LogP contribution in [0.25, 0.3) is 0 Å². The molecule has 1 rings (SSSR count). The maximum atomic E-state index is 11.0. The largest absolute Gasteiger partial charge is 0.497 e. The zero-order chi connectivity index (χ0) is 13.5. The van der Waals surface area contributed by atoms with Gasteiger partial charge in [-0.2, -0.15) is 0 Å². The first-order valence-electron chi connectivity index (χ1n) is 5.92. The number of nitrogens with one attached hydrogen (secondary N) is 1. The van der Waals surface area contributed by atoms with Crippen molar-refractivity contribution in [1.82, 2.24) is 5.32 Å². The monoisotopic (exact) mass is 252 g/mol. The van der Waals surface area contributed by atoms with Crippen LogP contribution in [-0.4, -0.2) is 25.7 Å². The fourth-order valence-electron chi connectivity index (χ4n) is 1.43. The molecule has 0 aliphatic carbocycles. The molecule has 0 aromatic heterocycles. The Morgan fingerprint density at radius 2 is 2.22 bits per heavy atom. The minimum Gasteiger partial charge on any atom is -0.497 e. The second kappa shape index (κ2) is 6.86. The number of rotatable bonds is 7. The van der Waals surface area contributed by atoms with Crippen LogP contribution in [0.15, 0.2) is 18.2 Å². The Morgan fingerprint density at radius 1 is 1.50 bits per heavy atom. The molecule has 0 aliphatic heterocycles. The van der Waals surface area contributed by atoms with E-state index in [0.29, 0.717) is 18.0 Å². The van der Waals surface area contributed by atoms with E-state index in [-0.39, 0.29) is 0 Å². The molecule has 0 fully saturated rings. The molecular weight excluding hydrogens is 232 g/mol. The highest BCUT2D eigenvalue weighted by molar-refractivity contribution is 5.78. The van der Waals surface area contributed by atoms with Crippen LogP contribution in [0.5, 0.6) is 11.5 Å². The molecule has 5 heteroatoms. The van der Waals surface area contributed by atoms with Gasteiger partial charge in [-0.3, -0.25) is 4.79 Å². The summed E-state index contributed by atoms with van der Waals surface area (Å²) in [5.74, 6) is 0.802. The van der Waals surface area contributed by atoms with Crippen LogP contribution in [0, 0.1) is 0 Å². The molecule has 1 amide bonds. The van der Waals surface area contributed by atoms with Crippen LogP contribution >= 0.6 is 0 Å². The van der Waals surface area contributed by atoms with E-state index in [9.17, 15) is 4.79 Å². The number of hydrogen-bond donors (Lipinski definition) is 2. The first-order valence-corrected chi connectivity index (χ1v) is 5.92. The third kappa shape index (κ3) is 3.92. The van der Waals surface area contributed by atoms with Crippen molar-refractivity contribution in [2.24, 2.45) is 5.73 Å². The van der Waals surface area contributed by atoms with Crippen LogP contribution in [0.1, 0.15) is 19.4 Å². The van der Waals surface area contributed by atoms with Gasteiger partial charge in [0, 0.05) is 18.2 Å². The van der Waals surface area contributed by atoms with E-state index in [1.165, 1.54) is 0 Å². The lowest BCUT2D eigenvalue weighted by Gasteiger charge is -2.16. The van der Waals surface area contributed by atoms with Crippen molar-refractivity contribution in [1.29, 1.82) is 0 Å². The molecule has 1 aromatic rings. The standard InChI is InChI=1S/C13H20N2O3/c1-4-15-8-10-5-6-11(17-3)7-12(10)18-9(2)13(14)16/h5-7,9,15H,4,8H2,1-3H3,(H2,14,16). The molecule has 5 nitrogen and oxygen atoms in total. The lowest BCUT2D eigenvalue weighted by Crippen LogP contribution is -2.31. The summed E-state index contributed by atoms with van der Waals surface area (Å²) in [7, 11) is 1.58. The maximum absolute atomic E-state index is 11.0. The number of carbonyl (C=O) groups is 1. The second-order valence-corrected chi connectivity index (χ2v) is 3.92. The van der Waals surface area contributed by atoms with Gasteiger partial charge in [-0.25, -0.2) is 0 Å². The van der Waals surface area contributed by atoms with Gasteiger partial charge < -0.3 is 20.5 Å². The third-order valence-electron chi connectivity index (χ3n) is 2.54. The number of amides is 1. The van der Waals surface area contributed by atoms with E-state index in [1.54, 1.807) is 20.1 Å². The number of carbonyl (C=O) groups excluding carboxylic acids is 1. The summed E-state index contributed by atoms with van der Waals surface area (Å²) < 4.78 is 10.7. The predicted octanol–water partition coefficient (Wildman–Crippen LogP) is 1.06. The Labute approximate surface area is 107 Å². The Bertz CT molecular complexity index is 407. The van der Waals surface area contributed by atoms with Crippen molar-refractivity contribution in [2.75, 3.05) is 13.7 Å². The van der Waals surface area contributed by atoms with Gasteiger partial charge in [0.25, 0.3) is 5.91 Å². The van der Waals surface area contributed by atoms with Crippen molar-refractivity contribution in [3.8, 4) is 11.5 Å². The Hall–Kier alpha value is -1.75. The van der Waals surface area contributed by atoms with Gasteiger partial charge in [0.2, 0.25) is 0 Å². The van der Waals surface area contributed by atoms with Crippen LogP contribution in [0.3, 0.4) is 0 Å². The summed E-state index contributed by atoms with van der Waals surface area (Å²) in [6.07, 6.45) is -0.669. The molecule has 1 aromatic carbocycles. The van der Waals surface area contributed by atoms with E-state index >= 15 is 0 Å². The zero-order valence-electron chi connectivity index (χ0n) is 11.0. The van der Waals surface area contributed by atoms with E-state index in [4.69, 9.17) is 15.2 Å². The molecule has 0 spiro atoms. The zero-order valence-corrected chi connectivity index (χ0v) is 11.0. The summed E-state index contributed by atoms with van der Waals surface area (Å²) in [5.41, 5.74) is 6.16. The first kappa shape index (κ1) is 14.3. The molecular formula is C13H20N2O3. The fraction of sp³-hybridized carbons (Fsp3) is 0.462. The molecule has 0 saturated carbocycles. The van der Waals surface area contributed by atoms with E-state index < -0.39 is 12.0 Å². The molecule has 18 heavy (non-hydrogen) atoms. The second-order valence-electron chi connectivity index (χ2n) is 3.92. The number of hydrogen-bond acceptors (Lipinski definition) is 4. The smallest absolute Gasteiger partial charge is 0.258 e. The molecule has 0 bridgehead atoms. The quantitative estimate of drug-likeness (QED) is 0.761. The maximum Gasteiger partial charge on any atom is 0.258 e. The molecule has 0 radical (unpaired) electrons. The minimum absolute atomic E-state index is 0.493. The third-order valence-corrected chi connectivity index (χ3v) is 2.54. The summed E-state index contributed by atoms with van der Waals surface area (Å²) in [5, 5.41) is 3.21. The molecule has 0 saturated heterocycles. The van der Waals surface area contributed by atoms with Gasteiger partial charge in [0.05, 0.1) is 7.11 Å². The minimum atomic E-state index is -0.669. The summed E-state index contributed by atoms with van der Waals surface area (Å²) in [6, 6.07) is 5.52. The molecule has 1 unspecified atom stereocenters. The Balaban J connectivity index is 2.92. The van der Waals surface area contributed by atoms with Crippen LogP contribution in [0.4, 0.5) is 0 Å². The Kier molecular flexibility index (Phi) is 5.45. The van der Waals surface area contributed by atoms with Gasteiger partial charge in [0.15, 0.2) is 6.10 Å². The topological polar surface area (TPSA) is 73.6 Å². The SMILES string of the molecule is CCNCc1ccc(OC)cc1OC(C)C(N)=O. The van der Waals surface area contributed by atoms with E-state index in [0.717, 1.165) is 12.1 Å². The summed E-state index contributed by atoms with van der Waals surface area (Å²) in [6.45, 7) is 5.17. The number of primary amides is 1. The average molecular weight is 252 g/mol. The van der Waals surface area contributed by atoms with Crippen molar-refractivity contribution in [2.45, 2.75) is 26.5 Å².